The third-order valence-electron chi connectivity index (χ3n) is 5.04. The van der Waals surface area contributed by atoms with Gasteiger partial charge in [0.25, 0.3) is 0 Å². The standard InChI is InChI=1S/C15H30N2O/c1-11(2)13-4-5-14(16)15(8-13)17-7-6-12(9-17)10-18-3/h11-15H,4-10,16H2,1-3H3. The minimum Gasteiger partial charge on any atom is -0.384 e. The predicted molar refractivity (Wildman–Crippen MR) is 75.5 cm³/mol. The van der Waals surface area contributed by atoms with Crippen molar-refractivity contribution < 1.29 is 4.74 Å². The number of nitrogens with zero attached hydrogens (tertiary/aromatic N) is 1. The molecule has 0 aromatic carbocycles. The normalized spacial score (nSPS) is 38.5. The second-order valence-corrected chi connectivity index (χ2v) is 6.65. The Balaban J connectivity index is 1.90. The summed E-state index contributed by atoms with van der Waals surface area (Å²) >= 11 is 0. The van der Waals surface area contributed by atoms with Crippen LogP contribution in [-0.4, -0.2) is 43.8 Å². The molecule has 1 aliphatic carbocycles. The lowest BCUT2D eigenvalue weighted by atomic mass is 9.76. The monoisotopic (exact) mass is 254 g/mol. The molecule has 3 heteroatoms. The van der Waals surface area contributed by atoms with Crippen LogP contribution in [0.15, 0.2) is 0 Å². The molecule has 1 saturated heterocycles. The summed E-state index contributed by atoms with van der Waals surface area (Å²) in [6.45, 7) is 8.03. The van der Waals surface area contributed by atoms with Crippen LogP contribution in [0.2, 0.25) is 0 Å². The summed E-state index contributed by atoms with van der Waals surface area (Å²) in [6, 6.07) is 1.01. The van der Waals surface area contributed by atoms with Crippen LogP contribution in [0.3, 0.4) is 0 Å². The Morgan fingerprint density at radius 1 is 1.28 bits per heavy atom. The molecule has 0 bridgehead atoms. The lowest BCUT2D eigenvalue weighted by Gasteiger charge is -2.41. The van der Waals surface area contributed by atoms with Gasteiger partial charge >= 0.3 is 0 Å². The fourth-order valence-electron chi connectivity index (χ4n) is 3.76. The first-order valence-electron chi connectivity index (χ1n) is 7.60. The summed E-state index contributed by atoms with van der Waals surface area (Å²) in [6.07, 6.45) is 5.12. The third-order valence-corrected chi connectivity index (χ3v) is 5.04. The summed E-state index contributed by atoms with van der Waals surface area (Å²) in [4.78, 5) is 2.64. The molecule has 106 valence electrons. The van der Waals surface area contributed by atoms with Gasteiger partial charge in [-0.15, -0.1) is 0 Å². The smallest absolute Gasteiger partial charge is 0.0503 e. The predicted octanol–water partition coefficient (Wildman–Crippen LogP) is 2.11. The zero-order valence-electron chi connectivity index (χ0n) is 12.3. The molecule has 2 N–H and O–H groups in total. The summed E-state index contributed by atoms with van der Waals surface area (Å²) in [7, 11) is 1.81. The summed E-state index contributed by atoms with van der Waals surface area (Å²) < 4.78 is 5.29. The Morgan fingerprint density at radius 3 is 2.72 bits per heavy atom. The molecule has 1 aliphatic heterocycles. The zero-order chi connectivity index (χ0) is 13.1. The highest BCUT2D eigenvalue weighted by Crippen LogP contribution is 2.34. The van der Waals surface area contributed by atoms with Crippen LogP contribution in [0.25, 0.3) is 0 Å². The lowest BCUT2D eigenvalue weighted by molar-refractivity contribution is 0.103. The van der Waals surface area contributed by atoms with Gasteiger partial charge in [-0.05, 0) is 50.0 Å². The Hall–Kier alpha value is -0.120. The molecule has 0 amide bonds. The molecule has 2 aliphatic rings. The van der Waals surface area contributed by atoms with E-state index in [0.717, 1.165) is 24.4 Å². The van der Waals surface area contributed by atoms with E-state index in [-0.39, 0.29) is 0 Å². The van der Waals surface area contributed by atoms with Crippen molar-refractivity contribution in [2.75, 3.05) is 26.8 Å². The molecule has 2 rings (SSSR count). The lowest BCUT2D eigenvalue weighted by Crippen LogP contribution is -2.51. The number of hydrogen-bond acceptors (Lipinski definition) is 3. The van der Waals surface area contributed by atoms with Gasteiger partial charge < -0.3 is 10.5 Å². The topological polar surface area (TPSA) is 38.5 Å². The van der Waals surface area contributed by atoms with Gasteiger partial charge in [-0.1, -0.05) is 13.8 Å². The fourth-order valence-corrected chi connectivity index (χ4v) is 3.76. The molecule has 1 heterocycles. The van der Waals surface area contributed by atoms with E-state index in [2.05, 4.69) is 18.7 Å². The number of nitrogens with two attached hydrogens (primary N) is 1. The summed E-state index contributed by atoms with van der Waals surface area (Å²) in [5, 5.41) is 0. The van der Waals surface area contributed by atoms with E-state index >= 15 is 0 Å². The summed E-state index contributed by atoms with van der Waals surface area (Å²) in [5.41, 5.74) is 6.37. The molecule has 4 atom stereocenters. The van der Waals surface area contributed by atoms with Gasteiger partial charge in [0.1, 0.15) is 0 Å². The van der Waals surface area contributed by atoms with E-state index < -0.39 is 0 Å². The third kappa shape index (κ3) is 3.25. The number of rotatable bonds is 4. The van der Waals surface area contributed by atoms with E-state index in [0.29, 0.717) is 12.1 Å². The average molecular weight is 254 g/mol. The van der Waals surface area contributed by atoms with Gasteiger partial charge in [0.15, 0.2) is 0 Å². The van der Waals surface area contributed by atoms with Gasteiger partial charge in [0, 0.05) is 25.7 Å². The minimum atomic E-state index is 0.390. The first-order chi connectivity index (χ1) is 8.61. The number of likely N-dealkylation sites (tertiary alicyclic amines) is 1. The van der Waals surface area contributed by atoms with E-state index in [1.807, 2.05) is 7.11 Å². The molecule has 1 saturated carbocycles. The summed E-state index contributed by atoms with van der Waals surface area (Å²) in [5.74, 6) is 2.40. The molecule has 0 aromatic heterocycles. The molecule has 0 aromatic rings. The van der Waals surface area contributed by atoms with Crippen LogP contribution < -0.4 is 5.73 Å². The van der Waals surface area contributed by atoms with E-state index in [1.165, 1.54) is 38.8 Å². The van der Waals surface area contributed by atoms with Crippen molar-refractivity contribution in [3.05, 3.63) is 0 Å². The molecule has 4 unspecified atom stereocenters. The minimum absolute atomic E-state index is 0.390. The number of hydrogen-bond donors (Lipinski definition) is 1. The molecule has 18 heavy (non-hydrogen) atoms. The fraction of sp³-hybridized carbons (Fsp3) is 1.00. The van der Waals surface area contributed by atoms with E-state index in [9.17, 15) is 0 Å². The van der Waals surface area contributed by atoms with Crippen LogP contribution in [0, 0.1) is 17.8 Å². The first kappa shape index (κ1) is 14.3. The maximum Gasteiger partial charge on any atom is 0.0503 e. The van der Waals surface area contributed by atoms with Gasteiger partial charge in [0.2, 0.25) is 0 Å². The van der Waals surface area contributed by atoms with Crippen molar-refractivity contribution in [3.8, 4) is 0 Å². The number of methoxy groups -OCH3 is 1. The van der Waals surface area contributed by atoms with Crippen LogP contribution in [0.1, 0.15) is 39.5 Å². The Kier molecular flexibility index (Phi) is 5.05. The average Bonchev–Trinajstić information content (AvgIpc) is 2.78. The molecular weight excluding hydrogens is 224 g/mol. The van der Waals surface area contributed by atoms with Crippen molar-refractivity contribution in [1.29, 1.82) is 0 Å². The van der Waals surface area contributed by atoms with E-state index in [1.54, 1.807) is 0 Å². The quantitative estimate of drug-likeness (QED) is 0.835. The highest BCUT2D eigenvalue weighted by Gasteiger charge is 2.36. The molecule has 0 radical (unpaired) electrons. The Bertz CT molecular complexity index is 257. The van der Waals surface area contributed by atoms with Crippen molar-refractivity contribution >= 4 is 0 Å². The first-order valence-corrected chi connectivity index (χ1v) is 7.60. The van der Waals surface area contributed by atoms with Crippen molar-refractivity contribution in [1.82, 2.24) is 4.90 Å². The van der Waals surface area contributed by atoms with Crippen molar-refractivity contribution in [2.45, 2.75) is 51.6 Å². The molecule has 3 nitrogen and oxygen atoms in total. The molecule has 2 fully saturated rings. The molecular formula is C15H30N2O. The van der Waals surface area contributed by atoms with Crippen molar-refractivity contribution in [2.24, 2.45) is 23.5 Å². The second kappa shape index (κ2) is 6.36. The van der Waals surface area contributed by atoms with Gasteiger partial charge in [-0.2, -0.15) is 0 Å². The largest absolute Gasteiger partial charge is 0.384 e. The van der Waals surface area contributed by atoms with Gasteiger partial charge in [-0.3, -0.25) is 4.90 Å². The maximum atomic E-state index is 6.37. The van der Waals surface area contributed by atoms with Crippen LogP contribution in [-0.2, 0) is 4.74 Å². The van der Waals surface area contributed by atoms with Gasteiger partial charge in [-0.25, -0.2) is 0 Å². The highest BCUT2D eigenvalue weighted by molar-refractivity contribution is 4.93. The SMILES string of the molecule is COCC1CCN(C2CC(C(C)C)CCC2N)C1. The zero-order valence-corrected chi connectivity index (χ0v) is 12.3. The Labute approximate surface area is 112 Å². The van der Waals surface area contributed by atoms with Crippen LogP contribution >= 0.6 is 0 Å². The second-order valence-electron chi connectivity index (χ2n) is 6.65. The Morgan fingerprint density at radius 2 is 2.06 bits per heavy atom. The van der Waals surface area contributed by atoms with E-state index in [4.69, 9.17) is 10.5 Å². The number of ether oxygens (including phenoxy) is 1. The highest BCUT2D eigenvalue weighted by atomic mass is 16.5. The van der Waals surface area contributed by atoms with Crippen LogP contribution in [0.5, 0.6) is 0 Å². The van der Waals surface area contributed by atoms with Gasteiger partial charge in [0.05, 0.1) is 6.61 Å². The maximum absolute atomic E-state index is 6.37. The van der Waals surface area contributed by atoms with Crippen molar-refractivity contribution in [3.63, 3.8) is 0 Å². The molecule has 0 spiro atoms. The van der Waals surface area contributed by atoms with Crippen LogP contribution in [0.4, 0.5) is 0 Å².